The molecule has 0 atom stereocenters. The molecule has 0 saturated heterocycles. The van der Waals surface area contributed by atoms with Gasteiger partial charge in [0, 0.05) is 18.8 Å². The molecular weight excluding hydrogens is 325 g/mol. The van der Waals surface area contributed by atoms with Crippen molar-refractivity contribution in [2.45, 2.75) is 51.6 Å². The molecule has 1 aliphatic rings. The third kappa shape index (κ3) is 5.05. The van der Waals surface area contributed by atoms with Gasteiger partial charge in [-0.3, -0.25) is 4.68 Å². The highest BCUT2D eigenvalue weighted by Gasteiger charge is 2.18. The van der Waals surface area contributed by atoms with Gasteiger partial charge in [0.15, 0.2) is 0 Å². The quantitative estimate of drug-likeness (QED) is 0.812. The molecule has 5 heteroatoms. The van der Waals surface area contributed by atoms with Gasteiger partial charge in [0.1, 0.15) is 5.82 Å². The van der Waals surface area contributed by atoms with Crippen molar-refractivity contribution in [2.75, 3.05) is 7.05 Å². The Morgan fingerprint density at radius 2 is 1.88 bits per heavy atom. The van der Waals surface area contributed by atoms with Crippen molar-refractivity contribution in [1.29, 1.82) is 0 Å². The fourth-order valence-electron chi connectivity index (χ4n) is 3.50. The highest BCUT2D eigenvalue weighted by Crippen LogP contribution is 2.26. The average molecular weight is 352 g/mol. The van der Waals surface area contributed by atoms with E-state index in [4.69, 9.17) is 5.10 Å². The molecule has 0 bridgehead atoms. The third-order valence-electron chi connectivity index (χ3n) is 4.76. The molecule has 0 spiro atoms. The Balaban J connectivity index is 0.00000208. The maximum Gasteiger partial charge on any atom is 0.123 e. The zero-order valence-corrected chi connectivity index (χ0v) is 15.1. The molecule has 0 aliphatic heterocycles. The van der Waals surface area contributed by atoms with Gasteiger partial charge in [-0.05, 0) is 62.4 Å². The summed E-state index contributed by atoms with van der Waals surface area (Å²) >= 11 is 0. The van der Waals surface area contributed by atoms with Crippen molar-refractivity contribution in [1.82, 2.24) is 15.1 Å². The molecule has 0 amide bonds. The van der Waals surface area contributed by atoms with E-state index in [2.05, 4.69) is 16.1 Å². The minimum Gasteiger partial charge on any atom is -0.314 e. The van der Waals surface area contributed by atoms with Crippen molar-refractivity contribution in [3.8, 4) is 0 Å². The molecule has 1 heterocycles. The average Bonchev–Trinajstić information content (AvgIpc) is 3.18. The van der Waals surface area contributed by atoms with E-state index in [9.17, 15) is 4.39 Å². The molecule has 1 aromatic heterocycles. The number of halogens is 2. The van der Waals surface area contributed by atoms with Gasteiger partial charge >= 0.3 is 0 Å². The summed E-state index contributed by atoms with van der Waals surface area (Å²) in [7, 11) is 1.95. The zero-order chi connectivity index (χ0) is 16.1. The highest BCUT2D eigenvalue weighted by atomic mass is 35.5. The van der Waals surface area contributed by atoms with Gasteiger partial charge in [-0.2, -0.15) is 5.10 Å². The molecule has 132 valence electrons. The lowest BCUT2D eigenvalue weighted by Gasteiger charge is -2.12. The Morgan fingerprint density at radius 3 is 2.54 bits per heavy atom. The van der Waals surface area contributed by atoms with E-state index in [0.717, 1.165) is 37.5 Å². The Kier molecular flexibility index (Phi) is 7.25. The number of aromatic nitrogens is 2. The van der Waals surface area contributed by atoms with Crippen LogP contribution in [0.4, 0.5) is 4.39 Å². The van der Waals surface area contributed by atoms with Gasteiger partial charge in [-0.15, -0.1) is 12.4 Å². The van der Waals surface area contributed by atoms with Crippen LogP contribution in [-0.2, 0) is 25.9 Å². The predicted octanol–water partition coefficient (Wildman–Crippen LogP) is 4.14. The van der Waals surface area contributed by atoms with Gasteiger partial charge in [0.25, 0.3) is 0 Å². The van der Waals surface area contributed by atoms with Crippen molar-refractivity contribution in [3.05, 3.63) is 53.1 Å². The minimum absolute atomic E-state index is 0. The molecule has 3 nitrogen and oxygen atoms in total. The smallest absolute Gasteiger partial charge is 0.123 e. The lowest BCUT2D eigenvalue weighted by atomic mass is 10.1. The molecule has 1 aromatic carbocycles. The lowest BCUT2D eigenvalue weighted by Crippen LogP contribution is -2.13. The van der Waals surface area contributed by atoms with Crippen LogP contribution in [0.3, 0.4) is 0 Å². The Morgan fingerprint density at radius 1 is 1.17 bits per heavy atom. The number of aryl methyl sites for hydroxylation is 2. The second-order valence-corrected chi connectivity index (χ2v) is 6.62. The Hall–Kier alpha value is -1.39. The number of hydrogen-bond acceptors (Lipinski definition) is 2. The Labute approximate surface area is 150 Å². The summed E-state index contributed by atoms with van der Waals surface area (Å²) in [5.41, 5.74) is 3.58. The maximum atomic E-state index is 13.0. The maximum absolute atomic E-state index is 13.0. The first-order valence-corrected chi connectivity index (χ1v) is 8.69. The summed E-state index contributed by atoms with van der Waals surface area (Å²) in [6.07, 6.45) is 7.27. The first-order valence-electron chi connectivity index (χ1n) is 8.69. The summed E-state index contributed by atoms with van der Waals surface area (Å²) in [4.78, 5) is 0. The summed E-state index contributed by atoms with van der Waals surface area (Å²) in [5, 5.41) is 7.96. The molecular formula is C19H27ClFN3. The molecule has 1 aliphatic carbocycles. The zero-order valence-electron chi connectivity index (χ0n) is 14.3. The summed E-state index contributed by atoms with van der Waals surface area (Å²) in [6.45, 7) is 1.85. The number of hydrogen-bond donors (Lipinski definition) is 1. The number of benzene rings is 1. The minimum atomic E-state index is -0.170. The topological polar surface area (TPSA) is 29.9 Å². The fraction of sp³-hybridized carbons (Fsp3) is 0.526. The van der Waals surface area contributed by atoms with E-state index in [0.29, 0.717) is 0 Å². The van der Waals surface area contributed by atoms with E-state index < -0.39 is 0 Å². The van der Waals surface area contributed by atoms with Gasteiger partial charge < -0.3 is 5.32 Å². The van der Waals surface area contributed by atoms with E-state index >= 15 is 0 Å². The van der Waals surface area contributed by atoms with Gasteiger partial charge in [0.05, 0.1) is 5.69 Å². The van der Waals surface area contributed by atoms with Crippen molar-refractivity contribution in [3.63, 3.8) is 0 Å². The van der Waals surface area contributed by atoms with E-state index in [1.165, 1.54) is 49.1 Å². The second-order valence-electron chi connectivity index (χ2n) is 6.62. The Bertz CT molecular complexity index is 618. The van der Waals surface area contributed by atoms with Crippen LogP contribution in [0.2, 0.25) is 0 Å². The molecule has 0 unspecified atom stereocenters. The summed E-state index contributed by atoms with van der Waals surface area (Å²) < 4.78 is 15.2. The van der Waals surface area contributed by atoms with Crippen LogP contribution < -0.4 is 5.32 Å². The van der Waals surface area contributed by atoms with Crippen LogP contribution in [0.5, 0.6) is 0 Å². The molecule has 3 rings (SSSR count). The molecule has 1 saturated carbocycles. The van der Waals surface area contributed by atoms with Crippen molar-refractivity contribution >= 4 is 12.4 Å². The van der Waals surface area contributed by atoms with Gasteiger partial charge in [0.2, 0.25) is 0 Å². The van der Waals surface area contributed by atoms with Crippen molar-refractivity contribution < 1.29 is 4.39 Å². The van der Waals surface area contributed by atoms with E-state index in [-0.39, 0.29) is 18.2 Å². The standard InChI is InChI=1S/C19H26FN3.ClH/c1-21-13-18-12-19(11-8-15-6-9-17(20)10-7-15)23(22-18)14-16-4-2-3-5-16;/h6-7,9-10,12,16,21H,2-5,8,11,13-14H2,1H3;1H. The molecule has 0 radical (unpaired) electrons. The van der Waals surface area contributed by atoms with Crippen LogP contribution in [0.15, 0.2) is 30.3 Å². The number of nitrogens with one attached hydrogen (secondary N) is 1. The third-order valence-corrected chi connectivity index (χ3v) is 4.76. The predicted molar refractivity (Wildman–Crippen MR) is 98.0 cm³/mol. The van der Waals surface area contributed by atoms with Crippen LogP contribution in [-0.4, -0.2) is 16.8 Å². The molecule has 1 N–H and O–H groups in total. The van der Waals surface area contributed by atoms with E-state index in [1.807, 2.05) is 19.2 Å². The first kappa shape index (κ1) is 18.9. The molecule has 2 aromatic rings. The fourth-order valence-corrected chi connectivity index (χ4v) is 3.50. The van der Waals surface area contributed by atoms with Crippen LogP contribution >= 0.6 is 12.4 Å². The summed E-state index contributed by atoms with van der Waals surface area (Å²) in [5.74, 6) is 0.609. The largest absolute Gasteiger partial charge is 0.314 e. The normalized spacial score (nSPS) is 14.8. The van der Waals surface area contributed by atoms with Crippen LogP contribution in [0.25, 0.3) is 0 Å². The van der Waals surface area contributed by atoms with Gasteiger partial charge in [-0.1, -0.05) is 25.0 Å². The second kappa shape index (κ2) is 9.19. The van der Waals surface area contributed by atoms with E-state index in [1.54, 1.807) is 0 Å². The van der Waals surface area contributed by atoms with Crippen LogP contribution in [0.1, 0.15) is 42.6 Å². The number of rotatable bonds is 7. The highest BCUT2D eigenvalue weighted by molar-refractivity contribution is 5.85. The molecule has 24 heavy (non-hydrogen) atoms. The monoisotopic (exact) mass is 351 g/mol. The summed E-state index contributed by atoms with van der Waals surface area (Å²) in [6, 6.07) is 9.05. The number of nitrogens with zero attached hydrogens (tertiary/aromatic N) is 2. The molecule has 1 fully saturated rings. The first-order chi connectivity index (χ1) is 11.2. The van der Waals surface area contributed by atoms with Crippen molar-refractivity contribution in [2.24, 2.45) is 5.92 Å². The van der Waals surface area contributed by atoms with Gasteiger partial charge in [-0.25, -0.2) is 4.39 Å². The lowest BCUT2D eigenvalue weighted by molar-refractivity contribution is 0.416. The SMILES string of the molecule is CNCc1cc(CCc2ccc(F)cc2)n(CC2CCCC2)n1.Cl. The van der Waals surface area contributed by atoms with Crippen LogP contribution in [0, 0.1) is 11.7 Å².